The van der Waals surface area contributed by atoms with E-state index in [-0.39, 0.29) is 30.0 Å². The summed E-state index contributed by atoms with van der Waals surface area (Å²) in [5.74, 6) is 0.696. The molecule has 1 aromatic rings. The molecule has 0 bridgehead atoms. The average molecular weight is 373 g/mol. The molecule has 2 N–H and O–H groups in total. The molecule has 7 nitrogen and oxygen atoms in total. The summed E-state index contributed by atoms with van der Waals surface area (Å²) in [6, 6.07) is 3.92. The third-order valence-corrected chi connectivity index (χ3v) is 6.39. The second-order valence-electron chi connectivity index (χ2n) is 5.95. The number of likely N-dealkylation sites (N-methyl/N-ethyl adjacent to an activating group) is 1. The quantitative estimate of drug-likeness (QED) is 0.546. The zero-order valence-corrected chi connectivity index (χ0v) is 15.6. The molecule has 2 heterocycles. The maximum absolute atomic E-state index is 11.7. The highest BCUT2D eigenvalue weighted by molar-refractivity contribution is 7.91. The smallest absolute Gasteiger partial charge is 0.243 e. The van der Waals surface area contributed by atoms with Gasteiger partial charge in [0.05, 0.1) is 11.5 Å². The summed E-state index contributed by atoms with van der Waals surface area (Å²) >= 11 is 1.69. The van der Waals surface area contributed by atoms with Crippen LogP contribution in [0.4, 0.5) is 0 Å². The van der Waals surface area contributed by atoms with E-state index in [1.165, 1.54) is 9.78 Å². The number of carbonyl (C=O) groups excluding carboxylic acids is 1. The third-order valence-electron chi connectivity index (χ3n) is 3.69. The van der Waals surface area contributed by atoms with Crippen LogP contribution in [0.3, 0.4) is 0 Å². The number of nitrogens with zero attached hydrogens (tertiary/aromatic N) is 2. The first-order chi connectivity index (χ1) is 11.4. The first-order valence-electron chi connectivity index (χ1n) is 7.83. The minimum absolute atomic E-state index is 0.0286. The van der Waals surface area contributed by atoms with Gasteiger partial charge in [-0.25, -0.2) is 13.4 Å². The van der Waals surface area contributed by atoms with E-state index in [0.717, 1.165) is 6.42 Å². The monoisotopic (exact) mass is 372 g/mol. The Labute approximate surface area is 147 Å². The molecule has 1 fully saturated rings. The largest absolute Gasteiger partial charge is 0.356 e. The normalized spacial score (nSPS) is 19.9. The molecule has 0 aromatic carbocycles. The Hall–Kier alpha value is -1.61. The molecule has 0 saturated carbocycles. The van der Waals surface area contributed by atoms with E-state index in [1.54, 1.807) is 25.4 Å². The summed E-state index contributed by atoms with van der Waals surface area (Å²) in [5, 5.41) is 8.35. The van der Waals surface area contributed by atoms with Gasteiger partial charge in [0, 0.05) is 31.6 Å². The maximum atomic E-state index is 11.7. The van der Waals surface area contributed by atoms with E-state index in [1.807, 2.05) is 11.4 Å². The molecule has 134 valence electrons. The Morgan fingerprint density at radius 2 is 2.25 bits per heavy atom. The molecule has 0 spiro atoms. The van der Waals surface area contributed by atoms with Crippen LogP contribution in [0.25, 0.3) is 0 Å². The topological polar surface area (TPSA) is 90.9 Å². The molecule has 0 radical (unpaired) electrons. The molecule has 1 amide bonds. The Morgan fingerprint density at radius 1 is 1.46 bits per heavy atom. The van der Waals surface area contributed by atoms with Gasteiger partial charge in [0.2, 0.25) is 5.91 Å². The van der Waals surface area contributed by atoms with Gasteiger partial charge >= 0.3 is 0 Å². The van der Waals surface area contributed by atoms with E-state index in [9.17, 15) is 13.2 Å². The van der Waals surface area contributed by atoms with Gasteiger partial charge in [0.25, 0.3) is 0 Å². The molecule has 0 aliphatic carbocycles. The molecule has 1 unspecified atom stereocenters. The molecule has 24 heavy (non-hydrogen) atoms. The molecule has 1 aliphatic heterocycles. The van der Waals surface area contributed by atoms with Crippen molar-refractivity contribution in [2.75, 3.05) is 38.7 Å². The summed E-state index contributed by atoms with van der Waals surface area (Å²) in [6.45, 7) is 0.697. The Kier molecular flexibility index (Phi) is 6.61. The van der Waals surface area contributed by atoms with Crippen LogP contribution in [0, 0.1) is 0 Å². The van der Waals surface area contributed by atoms with Gasteiger partial charge in [-0.3, -0.25) is 4.79 Å². The zero-order chi connectivity index (χ0) is 17.6. The number of amides is 1. The van der Waals surface area contributed by atoms with Crippen molar-refractivity contribution in [3.8, 4) is 0 Å². The number of nitrogens with one attached hydrogen (secondary N) is 2. The lowest BCUT2D eigenvalue weighted by Crippen LogP contribution is -2.45. The number of sulfone groups is 1. The lowest BCUT2D eigenvalue weighted by Gasteiger charge is -2.17. The summed E-state index contributed by atoms with van der Waals surface area (Å²) in [4.78, 5) is 18.7. The third kappa shape index (κ3) is 6.12. The highest BCUT2D eigenvalue weighted by atomic mass is 32.2. The number of carbonyl (C=O) groups is 1. The van der Waals surface area contributed by atoms with E-state index in [2.05, 4.69) is 21.7 Å². The van der Waals surface area contributed by atoms with Gasteiger partial charge in [-0.2, -0.15) is 0 Å². The van der Waals surface area contributed by atoms with Crippen LogP contribution in [0.5, 0.6) is 0 Å². The summed E-state index contributed by atoms with van der Waals surface area (Å²) in [5.41, 5.74) is 0. The van der Waals surface area contributed by atoms with Crippen LogP contribution in [-0.2, 0) is 21.1 Å². The summed E-state index contributed by atoms with van der Waals surface area (Å²) in [7, 11) is 0.398. The van der Waals surface area contributed by atoms with Crippen LogP contribution < -0.4 is 10.6 Å². The van der Waals surface area contributed by atoms with Crippen LogP contribution >= 0.6 is 11.3 Å². The number of aliphatic imine (C=N–C) groups is 1. The fourth-order valence-electron chi connectivity index (χ4n) is 2.30. The van der Waals surface area contributed by atoms with Crippen molar-refractivity contribution in [1.82, 2.24) is 15.5 Å². The number of hydrogen-bond donors (Lipinski definition) is 2. The van der Waals surface area contributed by atoms with Gasteiger partial charge in [0.1, 0.15) is 6.54 Å². The molecular weight excluding hydrogens is 348 g/mol. The van der Waals surface area contributed by atoms with Crippen molar-refractivity contribution < 1.29 is 13.2 Å². The minimum atomic E-state index is -2.96. The van der Waals surface area contributed by atoms with Crippen molar-refractivity contribution in [3.63, 3.8) is 0 Å². The van der Waals surface area contributed by atoms with E-state index < -0.39 is 9.84 Å². The van der Waals surface area contributed by atoms with Crippen LogP contribution in [0.1, 0.15) is 11.3 Å². The minimum Gasteiger partial charge on any atom is -0.356 e. The zero-order valence-electron chi connectivity index (χ0n) is 14.0. The van der Waals surface area contributed by atoms with Crippen molar-refractivity contribution in [1.29, 1.82) is 0 Å². The van der Waals surface area contributed by atoms with Crippen LogP contribution in [0.15, 0.2) is 22.5 Å². The highest BCUT2D eigenvalue weighted by Gasteiger charge is 2.28. The van der Waals surface area contributed by atoms with E-state index in [4.69, 9.17) is 0 Å². The average Bonchev–Trinajstić information content (AvgIpc) is 3.13. The summed E-state index contributed by atoms with van der Waals surface area (Å²) < 4.78 is 23.2. The lowest BCUT2D eigenvalue weighted by molar-refractivity contribution is -0.127. The fourth-order valence-corrected chi connectivity index (χ4v) is 4.68. The molecule has 2 rings (SSSR count). The molecular formula is C15H24N4O3S2. The lowest BCUT2D eigenvalue weighted by atomic mass is 10.3. The van der Waals surface area contributed by atoms with Crippen molar-refractivity contribution in [2.45, 2.75) is 18.9 Å². The number of guanidine groups is 1. The first kappa shape index (κ1) is 18.7. The van der Waals surface area contributed by atoms with Gasteiger partial charge in [-0.1, -0.05) is 6.07 Å². The van der Waals surface area contributed by atoms with Crippen LogP contribution in [-0.4, -0.2) is 69.9 Å². The highest BCUT2D eigenvalue weighted by Crippen LogP contribution is 2.11. The van der Waals surface area contributed by atoms with Crippen molar-refractivity contribution >= 4 is 33.0 Å². The molecule has 9 heteroatoms. The van der Waals surface area contributed by atoms with E-state index in [0.29, 0.717) is 18.9 Å². The molecule has 1 aliphatic rings. The van der Waals surface area contributed by atoms with Crippen LogP contribution in [0.2, 0.25) is 0 Å². The number of thiophene rings is 1. The second-order valence-corrected chi connectivity index (χ2v) is 9.21. The Bertz CT molecular complexity index is 669. The van der Waals surface area contributed by atoms with Gasteiger partial charge < -0.3 is 15.5 Å². The summed E-state index contributed by atoms with van der Waals surface area (Å²) in [6.07, 6.45) is 1.42. The number of rotatable bonds is 6. The Morgan fingerprint density at radius 3 is 2.83 bits per heavy atom. The van der Waals surface area contributed by atoms with Gasteiger partial charge in [-0.05, 0) is 24.3 Å². The predicted octanol–water partition coefficient (Wildman–Crippen LogP) is 0.101. The van der Waals surface area contributed by atoms with E-state index >= 15 is 0 Å². The molecule has 1 atom stereocenters. The predicted molar refractivity (Wildman–Crippen MR) is 97.2 cm³/mol. The maximum Gasteiger partial charge on any atom is 0.243 e. The molecule has 1 aromatic heterocycles. The number of hydrogen-bond acceptors (Lipinski definition) is 5. The first-order valence-corrected chi connectivity index (χ1v) is 10.5. The van der Waals surface area contributed by atoms with Gasteiger partial charge in [0.15, 0.2) is 15.8 Å². The fraction of sp³-hybridized carbons (Fsp3) is 0.600. The standard InChI is InChI=1S/C15H24N4O3S2/c1-19(2)14(20)10-17-15(16-7-5-13-4-3-8-23-13)18-12-6-9-24(21,22)11-12/h3-4,8,12H,5-7,9-11H2,1-2H3,(H2,16,17,18). The molecule has 1 saturated heterocycles. The SMILES string of the molecule is CN(C)C(=O)CN=C(NCCc1cccs1)NC1CCS(=O)(=O)C1. The Balaban J connectivity index is 1.92. The van der Waals surface area contributed by atoms with Crippen molar-refractivity contribution in [2.24, 2.45) is 4.99 Å². The second kappa shape index (κ2) is 8.48. The van der Waals surface area contributed by atoms with Gasteiger partial charge in [-0.15, -0.1) is 11.3 Å². The van der Waals surface area contributed by atoms with Crippen molar-refractivity contribution in [3.05, 3.63) is 22.4 Å².